The van der Waals surface area contributed by atoms with Crippen LogP contribution in [0.1, 0.15) is 36.1 Å². The average Bonchev–Trinajstić information content (AvgIpc) is 3.26. The van der Waals surface area contributed by atoms with Gasteiger partial charge in [-0.05, 0) is 36.2 Å². The molecule has 2 heterocycles. The predicted octanol–water partition coefficient (Wildman–Crippen LogP) is 2.73. The van der Waals surface area contributed by atoms with Gasteiger partial charge in [0.05, 0.1) is 0 Å². The second kappa shape index (κ2) is 9.84. The maximum absolute atomic E-state index is 12.9. The van der Waals surface area contributed by atoms with E-state index in [0.717, 1.165) is 5.56 Å². The Morgan fingerprint density at radius 2 is 2.00 bits per heavy atom. The summed E-state index contributed by atoms with van der Waals surface area (Å²) in [6.45, 7) is 3.79. The topological polar surface area (TPSA) is 110 Å². The van der Waals surface area contributed by atoms with Gasteiger partial charge in [0, 0.05) is 37.6 Å². The summed E-state index contributed by atoms with van der Waals surface area (Å²) >= 11 is 0. The zero-order chi connectivity index (χ0) is 22.4. The number of rotatable bonds is 8. The summed E-state index contributed by atoms with van der Waals surface area (Å²) in [5, 5.41) is 6.95. The molecule has 0 bridgehead atoms. The van der Waals surface area contributed by atoms with Crippen LogP contribution in [-0.4, -0.2) is 52.5 Å². The molecule has 0 aliphatic heterocycles. The smallest absolute Gasteiger partial charge is 0.259 e. The van der Waals surface area contributed by atoms with Gasteiger partial charge in [-0.3, -0.25) is 14.6 Å². The fourth-order valence-corrected chi connectivity index (χ4v) is 2.71. The number of hydrogen-bond acceptors (Lipinski definition) is 7. The second-order valence-corrected chi connectivity index (χ2v) is 7.50. The Morgan fingerprint density at radius 3 is 2.68 bits per heavy atom. The van der Waals surface area contributed by atoms with E-state index in [-0.39, 0.29) is 24.3 Å². The highest BCUT2D eigenvalue weighted by Gasteiger charge is 2.25. The number of ether oxygens (including phenoxy) is 1. The fourth-order valence-electron chi connectivity index (χ4n) is 2.71. The van der Waals surface area contributed by atoms with Crippen LogP contribution in [0, 0.1) is 5.92 Å². The Kier molecular flexibility index (Phi) is 6.96. The first-order valence-electron chi connectivity index (χ1n) is 9.83. The number of likely N-dealkylation sites (N-methyl/N-ethyl adjacent to an activating group) is 1. The first-order chi connectivity index (χ1) is 14.8. The molecule has 0 spiro atoms. The van der Waals surface area contributed by atoms with Gasteiger partial charge >= 0.3 is 0 Å². The third-order valence-electron chi connectivity index (χ3n) is 4.54. The molecule has 9 heteroatoms. The molecule has 0 saturated carbocycles. The van der Waals surface area contributed by atoms with Crippen LogP contribution in [0.2, 0.25) is 0 Å². The van der Waals surface area contributed by atoms with Gasteiger partial charge in [-0.15, -0.1) is 0 Å². The molecule has 0 radical (unpaired) electrons. The molecule has 3 rings (SSSR count). The normalized spacial score (nSPS) is 11.8. The van der Waals surface area contributed by atoms with Gasteiger partial charge < -0.3 is 19.5 Å². The minimum atomic E-state index is -0.481. The van der Waals surface area contributed by atoms with Crippen molar-refractivity contribution in [2.75, 3.05) is 20.7 Å². The standard InChI is InChI=1S/C22H25N5O4/c1-14(2)19(22-25-20(26-31-22)16-8-6-10-23-12-16)24-21(29)15-7-5-9-17(11-15)30-13-18(28)27(3)4/h5-12,14,19H,13H2,1-4H3,(H,24,29). The van der Waals surface area contributed by atoms with Crippen LogP contribution in [0.25, 0.3) is 11.4 Å². The highest BCUT2D eigenvalue weighted by atomic mass is 16.5. The minimum Gasteiger partial charge on any atom is -0.484 e. The molecule has 1 atom stereocenters. The number of carbonyl (C=O) groups is 2. The highest BCUT2D eigenvalue weighted by molar-refractivity contribution is 5.94. The number of amides is 2. The number of carbonyl (C=O) groups excluding carboxylic acids is 2. The monoisotopic (exact) mass is 423 g/mol. The van der Waals surface area contributed by atoms with E-state index < -0.39 is 6.04 Å². The summed E-state index contributed by atoms with van der Waals surface area (Å²) in [4.78, 5) is 34.5. The Balaban J connectivity index is 1.72. The number of nitrogens with one attached hydrogen (secondary N) is 1. The van der Waals surface area contributed by atoms with E-state index >= 15 is 0 Å². The van der Waals surface area contributed by atoms with Gasteiger partial charge in [0.1, 0.15) is 11.8 Å². The fraction of sp³-hybridized carbons (Fsp3) is 0.318. The largest absolute Gasteiger partial charge is 0.484 e. The van der Waals surface area contributed by atoms with Gasteiger partial charge in [-0.25, -0.2) is 0 Å². The number of hydrogen-bond donors (Lipinski definition) is 1. The van der Waals surface area contributed by atoms with E-state index in [1.165, 1.54) is 4.90 Å². The van der Waals surface area contributed by atoms with Crippen molar-refractivity contribution in [3.63, 3.8) is 0 Å². The molecule has 1 unspecified atom stereocenters. The van der Waals surface area contributed by atoms with Gasteiger partial charge in [0.15, 0.2) is 6.61 Å². The van der Waals surface area contributed by atoms with Crippen LogP contribution >= 0.6 is 0 Å². The molecule has 0 aliphatic carbocycles. The summed E-state index contributed by atoms with van der Waals surface area (Å²) in [6.07, 6.45) is 3.31. The lowest BCUT2D eigenvalue weighted by molar-refractivity contribution is -0.130. The molecule has 1 N–H and O–H groups in total. The van der Waals surface area contributed by atoms with Gasteiger partial charge in [0.2, 0.25) is 11.7 Å². The number of aromatic nitrogens is 3. The Hall–Kier alpha value is -3.75. The quantitative estimate of drug-likeness (QED) is 0.593. The van der Waals surface area contributed by atoms with E-state index in [1.54, 1.807) is 56.8 Å². The van der Waals surface area contributed by atoms with Crippen molar-refractivity contribution in [3.05, 3.63) is 60.2 Å². The van der Waals surface area contributed by atoms with E-state index in [1.807, 2.05) is 19.9 Å². The molecule has 162 valence electrons. The molecular weight excluding hydrogens is 398 g/mol. The summed E-state index contributed by atoms with van der Waals surface area (Å²) in [6, 6.07) is 9.78. The number of benzene rings is 1. The molecule has 9 nitrogen and oxygen atoms in total. The van der Waals surface area contributed by atoms with Crippen molar-refractivity contribution < 1.29 is 18.8 Å². The summed E-state index contributed by atoms with van der Waals surface area (Å²) in [5.41, 5.74) is 1.12. The lowest BCUT2D eigenvalue weighted by atomic mass is 10.0. The Morgan fingerprint density at radius 1 is 1.19 bits per heavy atom. The third kappa shape index (κ3) is 5.65. The van der Waals surface area contributed by atoms with Crippen molar-refractivity contribution in [2.24, 2.45) is 5.92 Å². The van der Waals surface area contributed by atoms with E-state index in [9.17, 15) is 9.59 Å². The molecule has 31 heavy (non-hydrogen) atoms. The predicted molar refractivity (Wildman–Crippen MR) is 113 cm³/mol. The van der Waals surface area contributed by atoms with Crippen LogP contribution in [0.5, 0.6) is 5.75 Å². The van der Waals surface area contributed by atoms with Gasteiger partial charge in [-0.1, -0.05) is 25.1 Å². The van der Waals surface area contributed by atoms with Crippen LogP contribution in [0.4, 0.5) is 0 Å². The number of pyridine rings is 1. The first kappa shape index (κ1) is 21.9. The van der Waals surface area contributed by atoms with E-state index in [2.05, 4.69) is 20.4 Å². The summed E-state index contributed by atoms with van der Waals surface area (Å²) in [5.74, 6) is 0.666. The van der Waals surface area contributed by atoms with Crippen molar-refractivity contribution >= 4 is 11.8 Å². The lowest BCUT2D eigenvalue weighted by Crippen LogP contribution is -2.32. The van der Waals surface area contributed by atoms with Crippen LogP contribution in [-0.2, 0) is 4.79 Å². The zero-order valence-corrected chi connectivity index (χ0v) is 17.9. The maximum Gasteiger partial charge on any atom is 0.259 e. The maximum atomic E-state index is 12.9. The molecule has 1 aromatic carbocycles. The SMILES string of the molecule is CC(C)C(NC(=O)c1cccc(OCC(=O)N(C)C)c1)c1nc(-c2cccnc2)no1. The Bertz CT molecular complexity index is 1030. The minimum absolute atomic E-state index is 0.00305. The first-order valence-corrected chi connectivity index (χ1v) is 9.83. The molecular formula is C22H25N5O4. The van der Waals surface area contributed by atoms with Crippen molar-refractivity contribution in [2.45, 2.75) is 19.9 Å². The van der Waals surface area contributed by atoms with Crippen LogP contribution < -0.4 is 10.1 Å². The molecule has 0 aliphatic rings. The lowest BCUT2D eigenvalue weighted by Gasteiger charge is -2.18. The second-order valence-electron chi connectivity index (χ2n) is 7.50. The van der Waals surface area contributed by atoms with E-state index in [0.29, 0.717) is 23.0 Å². The summed E-state index contributed by atoms with van der Waals surface area (Å²) in [7, 11) is 3.30. The molecule has 0 saturated heterocycles. The molecule has 3 aromatic rings. The van der Waals surface area contributed by atoms with Crippen molar-refractivity contribution in [1.82, 2.24) is 25.3 Å². The zero-order valence-electron chi connectivity index (χ0n) is 17.9. The highest BCUT2D eigenvalue weighted by Crippen LogP contribution is 2.24. The molecule has 2 aromatic heterocycles. The van der Waals surface area contributed by atoms with Crippen molar-refractivity contribution in [1.29, 1.82) is 0 Å². The van der Waals surface area contributed by atoms with Crippen LogP contribution in [0.3, 0.4) is 0 Å². The van der Waals surface area contributed by atoms with Crippen molar-refractivity contribution in [3.8, 4) is 17.1 Å². The van der Waals surface area contributed by atoms with E-state index in [4.69, 9.17) is 9.26 Å². The Labute approximate surface area is 180 Å². The van der Waals surface area contributed by atoms with Gasteiger partial charge in [0.25, 0.3) is 11.8 Å². The number of nitrogens with zero attached hydrogens (tertiary/aromatic N) is 4. The van der Waals surface area contributed by atoms with Crippen LogP contribution in [0.15, 0.2) is 53.3 Å². The summed E-state index contributed by atoms with van der Waals surface area (Å²) < 4.78 is 10.9. The average molecular weight is 423 g/mol. The third-order valence-corrected chi connectivity index (χ3v) is 4.54. The molecule has 0 fully saturated rings. The van der Waals surface area contributed by atoms with Gasteiger partial charge in [-0.2, -0.15) is 4.98 Å². The molecule has 2 amide bonds.